The minimum Gasteiger partial charge on any atom is -0.455 e. The molecule has 0 saturated carbocycles. The third-order valence-electron chi connectivity index (χ3n) is 8.28. The van der Waals surface area contributed by atoms with Gasteiger partial charge in [-0.05, 0) is 57.4 Å². The Morgan fingerprint density at radius 1 is 0.463 bits per heavy atom. The standard InChI is InChI=1S/C38H22N2O/c1-2-9-35-32(6-1)33-8-3-7-31(38(33)41-35)27-14-17-29-25(21-27)12-13-26-22-28(15-18-30(26)29)34-19-16-24-11-10-23-5-4-20-39-36(23)37(24)40-34/h1-22H. The van der Waals surface area contributed by atoms with Crippen LogP contribution < -0.4 is 0 Å². The number of pyridine rings is 2. The molecule has 0 amide bonds. The monoisotopic (exact) mass is 522 g/mol. The zero-order valence-corrected chi connectivity index (χ0v) is 22.0. The molecule has 0 fully saturated rings. The lowest BCUT2D eigenvalue weighted by Crippen LogP contribution is -1.89. The highest BCUT2D eigenvalue weighted by Crippen LogP contribution is 2.38. The fourth-order valence-electron chi connectivity index (χ4n) is 6.26. The van der Waals surface area contributed by atoms with Gasteiger partial charge in [0.2, 0.25) is 0 Å². The average Bonchev–Trinajstić information content (AvgIpc) is 3.43. The third-order valence-corrected chi connectivity index (χ3v) is 8.28. The molecule has 0 atom stereocenters. The zero-order valence-electron chi connectivity index (χ0n) is 22.0. The highest BCUT2D eigenvalue weighted by Gasteiger charge is 2.13. The number of para-hydroxylation sites is 2. The molecule has 3 heterocycles. The van der Waals surface area contributed by atoms with Crippen molar-refractivity contribution < 1.29 is 4.42 Å². The van der Waals surface area contributed by atoms with Gasteiger partial charge in [-0.15, -0.1) is 0 Å². The molecule has 0 N–H and O–H groups in total. The van der Waals surface area contributed by atoms with Gasteiger partial charge < -0.3 is 4.42 Å². The summed E-state index contributed by atoms with van der Waals surface area (Å²) in [6, 6.07) is 44.9. The van der Waals surface area contributed by atoms with Crippen LogP contribution in [0.25, 0.3) is 87.7 Å². The molecule has 0 aliphatic heterocycles. The van der Waals surface area contributed by atoms with Gasteiger partial charge in [0.1, 0.15) is 11.2 Å². The number of rotatable bonds is 2. The first-order chi connectivity index (χ1) is 20.3. The Bertz CT molecular complexity index is 2490. The molecular weight excluding hydrogens is 500 g/mol. The maximum absolute atomic E-state index is 6.32. The molecule has 0 bridgehead atoms. The van der Waals surface area contributed by atoms with Gasteiger partial charge in [-0.3, -0.25) is 4.98 Å². The quantitative estimate of drug-likeness (QED) is 0.212. The minimum atomic E-state index is 0.919. The van der Waals surface area contributed by atoms with Gasteiger partial charge in [-0.2, -0.15) is 0 Å². The molecule has 41 heavy (non-hydrogen) atoms. The second-order valence-electron chi connectivity index (χ2n) is 10.6. The number of hydrogen-bond donors (Lipinski definition) is 0. The van der Waals surface area contributed by atoms with Crippen molar-refractivity contribution in [3.8, 4) is 22.4 Å². The summed E-state index contributed by atoms with van der Waals surface area (Å²) in [6.07, 6.45) is 1.83. The molecule has 0 unspecified atom stereocenters. The minimum absolute atomic E-state index is 0.919. The molecular formula is C38H22N2O. The molecule has 0 aliphatic carbocycles. The number of fused-ring (bicyclic) bond motifs is 9. The molecule has 3 nitrogen and oxygen atoms in total. The zero-order chi connectivity index (χ0) is 26.9. The maximum atomic E-state index is 6.32. The van der Waals surface area contributed by atoms with Crippen molar-refractivity contribution in [1.82, 2.24) is 9.97 Å². The van der Waals surface area contributed by atoms with Crippen LogP contribution in [0.5, 0.6) is 0 Å². The van der Waals surface area contributed by atoms with E-state index >= 15 is 0 Å². The van der Waals surface area contributed by atoms with Crippen molar-refractivity contribution in [2.75, 3.05) is 0 Å². The van der Waals surface area contributed by atoms with Gasteiger partial charge in [-0.1, -0.05) is 97.1 Å². The third kappa shape index (κ3) is 3.39. The Kier molecular flexibility index (Phi) is 4.61. The summed E-state index contributed by atoms with van der Waals surface area (Å²) in [5.74, 6) is 0. The summed E-state index contributed by atoms with van der Waals surface area (Å²) in [4.78, 5) is 9.67. The molecule has 9 rings (SSSR count). The topological polar surface area (TPSA) is 38.9 Å². The van der Waals surface area contributed by atoms with Crippen molar-refractivity contribution in [1.29, 1.82) is 0 Å². The number of hydrogen-bond acceptors (Lipinski definition) is 3. The molecule has 9 aromatic rings. The van der Waals surface area contributed by atoms with Crippen molar-refractivity contribution in [2.45, 2.75) is 0 Å². The summed E-state index contributed by atoms with van der Waals surface area (Å²) in [5, 5.41) is 9.36. The first kappa shape index (κ1) is 22.3. The van der Waals surface area contributed by atoms with E-state index in [4.69, 9.17) is 9.40 Å². The first-order valence-electron chi connectivity index (χ1n) is 13.8. The fraction of sp³-hybridized carbons (Fsp3) is 0. The predicted molar refractivity (Wildman–Crippen MR) is 170 cm³/mol. The van der Waals surface area contributed by atoms with Crippen LogP contribution in [0.3, 0.4) is 0 Å². The molecule has 3 heteroatoms. The normalized spacial score (nSPS) is 11.9. The largest absolute Gasteiger partial charge is 0.455 e. The highest BCUT2D eigenvalue weighted by molar-refractivity contribution is 6.12. The number of nitrogens with zero attached hydrogens (tertiary/aromatic N) is 2. The van der Waals surface area contributed by atoms with Gasteiger partial charge in [0.25, 0.3) is 0 Å². The summed E-state index contributed by atoms with van der Waals surface area (Å²) in [7, 11) is 0. The summed E-state index contributed by atoms with van der Waals surface area (Å²) >= 11 is 0. The lowest BCUT2D eigenvalue weighted by molar-refractivity contribution is 0.670. The lowest BCUT2D eigenvalue weighted by Gasteiger charge is -2.10. The summed E-state index contributed by atoms with van der Waals surface area (Å²) in [6.45, 7) is 0. The number of benzene rings is 6. The van der Waals surface area contributed by atoms with E-state index in [9.17, 15) is 0 Å². The molecule has 0 saturated heterocycles. The van der Waals surface area contributed by atoms with Crippen molar-refractivity contribution >= 4 is 65.3 Å². The van der Waals surface area contributed by atoms with Gasteiger partial charge in [-0.25, -0.2) is 4.98 Å². The van der Waals surface area contributed by atoms with E-state index in [1.807, 2.05) is 24.4 Å². The van der Waals surface area contributed by atoms with Crippen molar-refractivity contribution in [2.24, 2.45) is 0 Å². The Labute approximate surface area is 235 Å². The van der Waals surface area contributed by atoms with Crippen LogP contribution in [-0.4, -0.2) is 9.97 Å². The van der Waals surface area contributed by atoms with Crippen LogP contribution in [0.1, 0.15) is 0 Å². The summed E-state index contributed by atoms with van der Waals surface area (Å²) < 4.78 is 6.32. The van der Waals surface area contributed by atoms with E-state index in [0.29, 0.717) is 0 Å². The first-order valence-corrected chi connectivity index (χ1v) is 13.8. The second kappa shape index (κ2) is 8.48. The van der Waals surface area contributed by atoms with Crippen LogP contribution in [-0.2, 0) is 0 Å². The van der Waals surface area contributed by atoms with Gasteiger partial charge in [0.15, 0.2) is 0 Å². The Morgan fingerprint density at radius 3 is 2.05 bits per heavy atom. The van der Waals surface area contributed by atoms with E-state index in [2.05, 4.69) is 114 Å². The lowest BCUT2D eigenvalue weighted by atomic mass is 9.95. The van der Waals surface area contributed by atoms with E-state index < -0.39 is 0 Å². The van der Waals surface area contributed by atoms with Gasteiger partial charge in [0.05, 0.1) is 16.7 Å². The number of furan rings is 1. The van der Waals surface area contributed by atoms with E-state index in [0.717, 1.165) is 66.1 Å². The predicted octanol–water partition coefficient (Wildman–Crippen LogP) is 10.3. The fourth-order valence-corrected chi connectivity index (χ4v) is 6.26. The van der Waals surface area contributed by atoms with Crippen LogP contribution in [0.15, 0.2) is 138 Å². The highest BCUT2D eigenvalue weighted by atomic mass is 16.3. The van der Waals surface area contributed by atoms with E-state index in [-0.39, 0.29) is 0 Å². The van der Waals surface area contributed by atoms with Crippen LogP contribution in [0.4, 0.5) is 0 Å². The SMILES string of the molecule is c1cnc2c(c1)ccc1ccc(-c3ccc4c(ccc5cc(-c6cccc7c6oc6ccccc67)ccc54)c3)nc12. The van der Waals surface area contributed by atoms with Crippen LogP contribution in [0.2, 0.25) is 0 Å². The van der Waals surface area contributed by atoms with Crippen molar-refractivity contribution in [3.63, 3.8) is 0 Å². The second-order valence-corrected chi connectivity index (χ2v) is 10.6. The number of aromatic nitrogens is 2. The maximum Gasteiger partial charge on any atom is 0.143 e. The average molecular weight is 523 g/mol. The molecule has 0 aliphatic rings. The summed E-state index contributed by atoms with van der Waals surface area (Å²) in [5.41, 5.74) is 8.04. The van der Waals surface area contributed by atoms with E-state index in [1.165, 1.54) is 21.5 Å². The van der Waals surface area contributed by atoms with E-state index in [1.54, 1.807) is 0 Å². The smallest absolute Gasteiger partial charge is 0.143 e. The Morgan fingerprint density at radius 2 is 1.17 bits per heavy atom. The molecule has 6 aromatic carbocycles. The molecule has 0 spiro atoms. The Hall–Kier alpha value is -5.54. The molecule has 190 valence electrons. The van der Waals surface area contributed by atoms with Crippen LogP contribution in [0, 0.1) is 0 Å². The van der Waals surface area contributed by atoms with Gasteiger partial charge in [0, 0.05) is 38.9 Å². The Balaban J connectivity index is 1.16. The van der Waals surface area contributed by atoms with Crippen molar-refractivity contribution in [3.05, 3.63) is 134 Å². The molecule has 0 radical (unpaired) electrons. The van der Waals surface area contributed by atoms with Crippen LogP contribution >= 0.6 is 0 Å². The molecule has 3 aromatic heterocycles. The van der Waals surface area contributed by atoms with Gasteiger partial charge >= 0.3 is 0 Å².